The molecule has 98 valence electrons. The van der Waals surface area contributed by atoms with Gasteiger partial charge < -0.3 is 4.90 Å². The summed E-state index contributed by atoms with van der Waals surface area (Å²) in [6.07, 6.45) is 2.21. The van der Waals surface area contributed by atoms with E-state index in [1.165, 1.54) is 0 Å². The van der Waals surface area contributed by atoms with Gasteiger partial charge in [0.05, 0.1) is 6.54 Å². The largest absolute Gasteiger partial charge is 0.335 e. The summed E-state index contributed by atoms with van der Waals surface area (Å²) in [7, 11) is 0. The third kappa shape index (κ3) is 4.14. The quantitative estimate of drug-likeness (QED) is 0.743. The van der Waals surface area contributed by atoms with E-state index in [-0.39, 0.29) is 22.5 Å². The van der Waals surface area contributed by atoms with Crippen molar-refractivity contribution < 1.29 is 9.59 Å². The lowest BCUT2D eigenvalue weighted by atomic mass is 9.81. The molecule has 0 aliphatic carbocycles. The molecule has 1 saturated heterocycles. The fraction of sp³-hybridized carbons (Fsp3) is 0.857. The highest BCUT2D eigenvalue weighted by Crippen LogP contribution is 2.28. The Balaban J connectivity index is 2.48. The van der Waals surface area contributed by atoms with E-state index in [0.717, 1.165) is 19.4 Å². The first-order valence-electron chi connectivity index (χ1n) is 6.43. The number of nitrogens with zero attached hydrogens (tertiary/aromatic N) is 1. The number of carbonyl (C=O) groups is 2. The molecule has 3 heteroatoms. The van der Waals surface area contributed by atoms with Gasteiger partial charge in [-0.3, -0.25) is 9.59 Å². The summed E-state index contributed by atoms with van der Waals surface area (Å²) in [6, 6.07) is 0. The zero-order chi connectivity index (χ0) is 13.3. The van der Waals surface area contributed by atoms with Gasteiger partial charge in [0.2, 0.25) is 5.91 Å². The van der Waals surface area contributed by atoms with E-state index in [9.17, 15) is 9.59 Å². The summed E-state index contributed by atoms with van der Waals surface area (Å²) < 4.78 is 0. The summed E-state index contributed by atoms with van der Waals surface area (Å²) in [5.74, 6) is 0.316. The van der Waals surface area contributed by atoms with E-state index in [1.807, 2.05) is 13.8 Å². The molecule has 1 aliphatic heterocycles. The van der Waals surface area contributed by atoms with E-state index in [4.69, 9.17) is 0 Å². The van der Waals surface area contributed by atoms with Crippen molar-refractivity contribution in [3.05, 3.63) is 0 Å². The van der Waals surface area contributed by atoms with E-state index in [0.29, 0.717) is 13.0 Å². The lowest BCUT2D eigenvalue weighted by Crippen LogP contribution is -2.47. The van der Waals surface area contributed by atoms with Gasteiger partial charge in [-0.15, -0.1) is 0 Å². The molecule has 0 aromatic carbocycles. The maximum absolute atomic E-state index is 12.0. The summed E-state index contributed by atoms with van der Waals surface area (Å²) >= 11 is 0. The molecule has 0 saturated carbocycles. The van der Waals surface area contributed by atoms with Gasteiger partial charge in [-0.1, -0.05) is 34.6 Å². The van der Waals surface area contributed by atoms with E-state index < -0.39 is 0 Å². The molecule has 0 bridgehead atoms. The van der Waals surface area contributed by atoms with Crippen LogP contribution in [-0.4, -0.2) is 29.7 Å². The average molecular weight is 239 g/mol. The highest BCUT2D eigenvalue weighted by molar-refractivity contribution is 5.90. The van der Waals surface area contributed by atoms with Gasteiger partial charge in [-0.25, -0.2) is 0 Å². The molecular formula is C14H25NO2. The number of piperidine rings is 1. The number of hydrogen-bond acceptors (Lipinski definition) is 2. The molecule has 3 nitrogen and oxygen atoms in total. The zero-order valence-corrected chi connectivity index (χ0v) is 11.8. The average Bonchev–Trinajstić information content (AvgIpc) is 2.17. The van der Waals surface area contributed by atoms with Crippen LogP contribution in [0.15, 0.2) is 0 Å². The second kappa shape index (κ2) is 4.79. The van der Waals surface area contributed by atoms with Gasteiger partial charge in [-0.05, 0) is 18.3 Å². The normalized spacial score (nSPS) is 20.5. The Hall–Kier alpha value is -0.860. The molecule has 17 heavy (non-hydrogen) atoms. The van der Waals surface area contributed by atoms with Crippen LogP contribution in [0.2, 0.25) is 0 Å². The van der Waals surface area contributed by atoms with Crippen LogP contribution in [0.4, 0.5) is 0 Å². The number of rotatable bonds is 2. The number of amides is 1. The second-order valence-corrected chi connectivity index (χ2v) is 6.93. The third-order valence-corrected chi connectivity index (χ3v) is 3.54. The van der Waals surface area contributed by atoms with Gasteiger partial charge in [0.15, 0.2) is 5.78 Å². The van der Waals surface area contributed by atoms with Crippen LogP contribution >= 0.6 is 0 Å². The summed E-state index contributed by atoms with van der Waals surface area (Å²) in [5.41, 5.74) is -0.0739. The van der Waals surface area contributed by atoms with Crippen molar-refractivity contribution in [1.29, 1.82) is 0 Å². The van der Waals surface area contributed by atoms with Crippen molar-refractivity contribution in [2.45, 2.75) is 53.9 Å². The molecule has 1 heterocycles. The summed E-state index contributed by atoms with van der Waals surface area (Å²) in [6.45, 7) is 11.3. The van der Waals surface area contributed by atoms with Crippen LogP contribution in [0.5, 0.6) is 0 Å². The predicted molar refractivity (Wildman–Crippen MR) is 68.7 cm³/mol. The SMILES string of the molecule is CC(C)(C)CCC(=O)N1CCC(C)(C)C(=O)C1. The van der Waals surface area contributed by atoms with Gasteiger partial charge in [0.1, 0.15) is 0 Å². The number of Topliss-reactive ketones (excluding diaryl/α,β-unsaturated/α-hetero) is 1. The molecular weight excluding hydrogens is 214 g/mol. The monoisotopic (exact) mass is 239 g/mol. The van der Waals surface area contributed by atoms with Crippen LogP contribution in [0, 0.1) is 10.8 Å². The molecule has 0 atom stereocenters. The van der Waals surface area contributed by atoms with Gasteiger partial charge in [0.25, 0.3) is 0 Å². The molecule has 1 rings (SSSR count). The Bertz CT molecular complexity index is 313. The molecule has 0 unspecified atom stereocenters. The molecule has 0 aromatic rings. The fourth-order valence-corrected chi connectivity index (χ4v) is 1.87. The number of hydrogen-bond donors (Lipinski definition) is 0. The Labute approximate surface area is 105 Å². The Morgan fingerprint density at radius 1 is 1.35 bits per heavy atom. The van der Waals surface area contributed by atoms with Crippen molar-refractivity contribution in [2.75, 3.05) is 13.1 Å². The van der Waals surface area contributed by atoms with Crippen molar-refractivity contribution in [2.24, 2.45) is 10.8 Å². The molecule has 0 N–H and O–H groups in total. The number of ketones is 1. The van der Waals surface area contributed by atoms with Gasteiger partial charge >= 0.3 is 0 Å². The topological polar surface area (TPSA) is 37.4 Å². The van der Waals surface area contributed by atoms with E-state index in [2.05, 4.69) is 20.8 Å². The molecule has 1 amide bonds. The summed E-state index contributed by atoms with van der Waals surface area (Å²) in [5, 5.41) is 0. The predicted octanol–water partition coefficient (Wildman–Crippen LogP) is 2.64. The minimum atomic E-state index is -0.249. The van der Waals surface area contributed by atoms with Crippen molar-refractivity contribution in [3.63, 3.8) is 0 Å². The maximum Gasteiger partial charge on any atom is 0.222 e. The van der Waals surface area contributed by atoms with Crippen LogP contribution in [0.3, 0.4) is 0 Å². The van der Waals surface area contributed by atoms with Crippen LogP contribution in [0.1, 0.15) is 53.9 Å². The van der Waals surface area contributed by atoms with E-state index in [1.54, 1.807) is 4.90 Å². The van der Waals surface area contributed by atoms with Crippen LogP contribution < -0.4 is 0 Å². The lowest BCUT2D eigenvalue weighted by molar-refractivity contribution is -0.143. The van der Waals surface area contributed by atoms with E-state index >= 15 is 0 Å². The van der Waals surface area contributed by atoms with Crippen LogP contribution in [-0.2, 0) is 9.59 Å². The Kier molecular flexibility index (Phi) is 4.00. The second-order valence-electron chi connectivity index (χ2n) is 6.93. The molecule has 0 spiro atoms. The number of likely N-dealkylation sites (tertiary alicyclic amines) is 1. The lowest BCUT2D eigenvalue weighted by Gasteiger charge is -2.35. The fourth-order valence-electron chi connectivity index (χ4n) is 1.87. The smallest absolute Gasteiger partial charge is 0.222 e. The Morgan fingerprint density at radius 2 is 1.94 bits per heavy atom. The molecule has 0 aromatic heterocycles. The molecule has 1 aliphatic rings. The van der Waals surface area contributed by atoms with Crippen molar-refractivity contribution in [3.8, 4) is 0 Å². The minimum Gasteiger partial charge on any atom is -0.335 e. The standard InChI is InChI=1S/C14H25NO2/c1-13(2,3)7-6-12(17)15-9-8-14(4,5)11(16)10-15/h6-10H2,1-5H3. The highest BCUT2D eigenvalue weighted by Gasteiger charge is 2.35. The number of carbonyl (C=O) groups excluding carboxylic acids is 2. The zero-order valence-electron chi connectivity index (χ0n) is 11.8. The Morgan fingerprint density at radius 3 is 2.41 bits per heavy atom. The summed E-state index contributed by atoms with van der Waals surface area (Å²) in [4.78, 5) is 25.5. The molecule has 1 fully saturated rings. The molecule has 0 radical (unpaired) electrons. The first-order chi connectivity index (χ1) is 7.62. The first kappa shape index (κ1) is 14.2. The van der Waals surface area contributed by atoms with Gasteiger partial charge in [0, 0.05) is 18.4 Å². The first-order valence-corrected chi connectivity index (χ1v) is 6.43. The minimum absolute atomic E-state index is 0.128. The van der Waals surface area contributed by atoms with Crippen molar-refractivity contribution >= 4 is 11.7 Å². The highest BCUT2D eigenvalue weighted by atomic mass is 16.2. The maximum atomic E-state index is 12.0. The third-order valence-electron chi connectivity index (χ3n) is 3.54. The van der Waals surface area contributed by atoms with Gasteiger partial charge in [-0.2, -0.15) is 0 Å². The van der Waals surface area contributed by atoms with Crippen molar-refractivity contribution in [1.82, 2.24) is 4.90 Å². The van der Waals surface area contributed by atoms with Crippen LogP contribution in [0.25, 0.3) is 0 Å².